The molecule has 0 spiro atoms. The second kappa shape index (κ2) is 3.52. The summed E-state index contributed by atoms with van der Waals surface area (Å²) in [5.74, 6) is 0.412. The molecule has 5 heteroatoms. The summed E-state index contributed by atoms with van der Waals surface area (Å²) < 4.78 is 1.30. The summed E-state index contributed by atoms with van der Waals surface area (Å²) in [6.45, 7) is 3.87. The van der Waals surface area contributed by atoms with E-state index in [1.165, 1.54) is 4.57 Å². The summed E-state index contributed by atoms with van der Waals surface area (Å²) in [5.41, 5.74) is -0.132. The quantitative estimate of drug-likeness (QED) is 0.777. The molecule has 1 N–H and O–H groups in total. The Morgan fingerprint density at radius 2 is 2.13 bits per heavy atom. The van der Waals surface area contributed by atoms with E-state index >= 15 is 0 Å². The van der Waals surface area contributed by atoms with Crippen molar-refractivity contribution in [2.75, 3.05) is 0 Å². The van der Waals surface area contributed by atoms with E-state index in [1.807, 2.05) is 13.8 Å². The van der Waals surface area contributed by atoms with Crippen LogP contribution >= 0.6 is 11.6 Å². The van der Waals surface area contributed by atoms with Gasteiger partial charge >= 0.3 is 5.69 Å². The van der Waals surface area contributed by atoms with E-state index in [0.29, 0.717) is 17.9 Å². The first-order valence-electron chi connectivity index (χ1n) is 5.09. The van der Waals surface area contributed by atoms with Crippen molar-refractivity contribution in [2.45, 2.75) is 32.7 Å². The zero-order valence-corrected chi connectivity index (χ0v) is 9.47. The molecule has 2 unspecified atom stereocenters. The fraction of sp³-hybridized carbons (Fsp3) is 0.600. The van der Waals surface area contributed by atoms with Gasteiger partial charge in [-0.1, -0.05) is 25.4 Å². The topological polar surface area (TPSA) is 54.9 Å². The molecule has 0 saturated heterocycles. The van der Waals surface area contributed by atoms with Gasteiger partial charge < -0.3 is 0 Å². The van der Waals surface area contributed by atoms with Crippen LogP contribution in [-0.4, -0.2) is 9.55 Å². The molecule has 1 aliphatic rings. The molecule has 15 heavy (non-hydrogen) atoms. The lowest BCUT2D eigenvalue weighted by Crippen LogP contribution is -2.37. The zero-order chi connectivity index (χ0) is 11.2. The maximum Gasteiger partial charge on any atom is 0.329 e. The van der Waals surface area contributed by atoms with Crippen LogP contribution in [0, 0.1) is 5.92 Å². The van der Waals surface area contributed by atoms with Crippen LogP contribution in [0.1, 0.15) is 31.9 Å². The van der Waals surface area contributed by atoms with Gasteiger partial charge in [-0.15, -0.1) is 0 Å². The van der Waals surface area contributed by atoms with E-state index in [4.69, 9.17) is 11.6 Å². The number of hydrogen-bond acceptors (Lipinski definition) is 2. The number of aromatic nitrogens is 2. The molecule has 0 bridgehead atoms. The average Bonchev–Trinajstić information content (AvgIpc) is 2.82. The van der Waals surface area contributed by atoms with Gasteiger partial charge in [0.05, 0.1) is 5.56 Å². The van der Waals surface area contributed by atoms with Crippen LogP contribution in [0.2, 0.25) is 5.15 Å². The van der Waals surface area contributed by atoms with Crippen molar-refractivity contribution >= 4 is 11.6 Å². The highest BCUT2D eigenvalue weighted by molar-refractivity contribution is 6.30. The summed E-state index contributed by atoms with van der Waals surface area (Å²) in [5, 5.41) is 0.178. The Morgan fingerprint density at radius 1 is 1.53 bits per heavy atom. The minimum absolute atomic E-state index is 0.0591. The van der Waals surface area contributed by atoms with Crippen LogP contribution in [-0.2, 0) is 6.42 Å². The van der Waals surface area contributed by atoms with E-state index in [1.54, 1.807) is 0 Å². The molecule has 1 fully saturated rings. The Morgan fingerprint density at radius 3 is 2.60 bits per heavy atom. The van der Waals surface area contributed by atoms with E-state index < -0.39 is 5.69 Å². The highest BCUT2D eigenvalue weighted by Crippen LogP contribution is 2.40. The number of H-pyrrole nitrogens is 1. The number of hydrogen-bond donors (Lipinski definition) is 1. The molecular formula is C10H13ClN2O2. The fourth-order valence-electron chi connectivity index (χ4n) is 1.83. The van der Waals surface area contributed by atoms with E-state index in [9.17, 15) is 9.59 Å². The Kier molecular flexibility index (Phi) is 2.46. The van der Waals surface area contributed by atoms with Gasteiger partial charge in [0.2, 0.25) is 0 Å². The van der Waals surface area contributed by atoms with Gasteiger partial charge in [0.1, 0.15) is 5.15 Å². The number of halogens is 1. The van der Waals surface area contributed by atoms with Crippen molar-refractivity contribution in [3.05, 3.63) is 31.6 Å². The molecule has 2 atom stereocenters. The van der Waals surface area contributed by atoms with Gasteiger partial charge in [-0.05, 0) is 18.8 Å². The molecule has 0 radical (unpaired) electrons. The van der Waals surface area contributed by atoms with Crippen LogP contribution in [0.25, 0.3) is 0 Å². The van der Waals surface area contributed by atoms with Crippen molar-refractivity contribution in [1.82, 2.24) is 9.55 Å². The molecule has 1 heterocycles. The molecule has 1 saturated carbocycles. The third kappa shape index (κ3) is 1.63. The SMILES string of the molecule is CCc1c(Cl)[nH]c(=O)n(C2CC2C)c1=O. The standard InChI is InChI=1S/C10H13ClN2O2/c1-3-6-8(11)12-10(15)13(9(6)14)7-4-5(7)2/h5,7H,3-4H2,1-2H3,(H,12,15). The Bertz CT molecular complexity index is 503. The summed E-state index contributed by atoms with van der Waals surface area (Å²) in [6.07, 6.45) is 1.43. The van der Waals surface area contributed by atoms with Crippen molar-refractivity contribution in [1.29, 1.82) is 0 Å². The monoisotopic (exact) mass is 228 g/mol. The number of nitrogens with zero attached hydrogens (tertiary/aromatic N) is 1. The van der Waals surface area contributed by atoms with Crippen LogP contribution in [0.15, 0.2) is 9.59 Å². The molecule has 2 rings (SSSR count). The Balaban J connectivity index is 2.65. The van der Waals surface area contributed by atoms with Crippen LogP contribution in [0.3, 0.4) is 0 Å². The lowest BCUT2D eigenvalue weighted by atomic mass is 10.2. The van der Waals surface area contributed by atoms with Crippen molar-refractivity contribution in [3.8, 4) is 0 Å². The van der Waals surface area contributed by atoms with Gasteiger partial charge in [0.15, 0.2) is 0 Å². The smallest absolute Gasteiger partial charge is 0.297 e. The summed E-state index contributed by atoms with van der Waals surface area (Å²) in [4.78, 5) is 26.0. The molecule has 82 valence electrons. The summed E-state index contributed by atoms with van der Waals surface area (Å²) >= 11 is 5.80. The van der Waals surface area contributed by atoms with E-state index in [2.05, 4.69) is 4.98 Å². The average molecular weight is 229 g/mol. The first kappa shape index (κ1) is 10.5. The zero-order valence-electron chi connectivity index (χ0n) is 8.71. The highest BCUT2D eigenvalue weighted by atomic mass is 35.5. The number of aromatic amines is 1. The van der Waals surface area contributed by atoms with Gasteiger partial charge in [0, 0.05) is 6.04 Å². The van der Waals surface area contributed by atoms with Gasteiger partial charge in [-0.25, -0.2) is 4.79 Å². The number of rotatable bonds is 2. The van der Waals surface area contributed by atoms with Crippen LogP contribution < -0.4 is 11.2 Å². The third-order valence-electron chi connectivity index (χ3n) is 2.93. The first-order valence-corrected chi connectivity index (χ1v) is 5.47. The van der Waals surface area contributed by atoms with Crippen LogP contribution in [0.4, 0.5) is 0 Å². The molecule has 0 amide bonds. The predicted molar refractivity (Wildman–Crippen MR) is 58.5 cm³/mol. The van der Waals surface area contributed by atoms with E-state index in [0.717, 1.165) is 6.42 Å². The molecule has 1 aliphatic carbocycles. The highest BCUT2D eigenvalue weighted by Gasteiger charge is 2.37. The maximum atomic E-state index is 11.9. The molecule has 4 nitrogen and oxygen atoms in total. The van der Waals surface area contributed by atoms with Gasteiger partial charge in [-0.2, -0.15) is 0 Å². The Hall–Kier alpha value is -1.03. The van der Waals surface area contributed by atoms with Gasteiger partial charge in [-0.3, -0.25) is 14.3 Å². The summed E-state index contributed by atoms with van der Waals surface area (Å²) in [7, 11) is 0. The summed E-state index contributed by atoms with van der Waals surface area (Å²) in [6, 6.07) is 0.0591. The first-order chi connectivity index (χ1) is 7.06. The normalized spacial score (nSPS) is 24.2. The lowest BCUT2D eigenvalue weighted by molar-refractivity contribution is 0.610. The largest absolute Gasteiger partial charge is 0.329 e. The minimum atomic E-state index is -0.392. The maximum absolute atomic E-state index is 11.9. The van der Waals surface area contributed by atoms with E-state index in [-0.39, 0.29) is 16.8 Å². The van der Waals surface area contributed by atoms with Gasteiger partial charge in [0.25, 0.3) is 5.56 Å². The molecule has 0 aliphatic heterocycles. The van der Waals surface area contributed by atoms with Crippen molar-refractivity contribution in [2.24, 2.45) is 5.92 Å². The molecule has 0 aromatic carbocycles. The van der Waals surface area contributed by atoms with Crippen molar-refractivity contribution in [3.63, 3.8) is 0 Å². The molecule has 1 aromatic rings. The molecule has 1 aromatic heterocycles. The minimum Gasteiger partial charge on any atom is -0.297 e. The fourth-order valence-corrected chi connectivity index (χ4v) is 2.13. The number of nitrogens with one attached hydrogen (secondary N) is 1. The Labute approximate surface area is 91.9 Å². The third-order valence-corrected chi connectivity index (χ3v) is 3.25. The van der Waals surface area contributed by atoms with Crippen molar-refractivity contribution < 1.29 is 0 Å². The predicted octanol–water partition coefficient (Wildman–Crippen LogP) is 1.33. The lowest BCUT2D eigenvalue weighted by Gasteiger charge is -2.06. The van der Waals surface area contributed by atoms with Crippen LogP contribution in [0.5, 0.6) is 0 Å². The second-order valence-electron chi connectivity index (χ2n) is 4.03. The molecular weight excluding hydrogens is 216 g/mol. The second-order valence-corrected chi connectivity index (χ2v) is 4.41.